The predicted octanol–water partition coefficient (Wildman–Crippen LogP) is 6.65. The van der Waals surface area contributed by atoms with Gasteiger partial charge in [-0.25, -0.2) is 18.7 Å². The van der Waals surface area contributed by atoms with Gasteiger partial charge >= 0.3 is 0 Å². The summed E-state index contributed by atoms with van der Waals surface area (Å²) < 4.78 is 30.3. The van der Waals surface area contributed by atoms with Crippen LogP contribution in [0.15, 0.2) is 71.9 Å². The van der Waals surface area contributed by atoms with Crippen molar-refractivity contribution in [2.45, 2.75) is 17.9 Å². The lowest BCUT2D eigenvalue weighted by molar-refractivity contribution is 0.101. The second-order valence-corrected chi connectivity index (χ2v) is 8.86. The Morgan fingerprint density at radius 1 is 1.03 bits per heavy atom. The highest BCUT2D eigenvalue weighted by Crippen LogP contribution is 2.34. The Morgan fingerprint density at radius 2 is 1.77 bits per heavy atom. The molecule has 0 unspecified atom stereocenters. The smallest absolute Gasteiger partial charge is 0.227 e. The third-order valence-electron chi connectivity index (χ3n) is 5.77. The van der Waals surface area contributed by atoms with Crippen molar-refractivity contribution in [1.29, 1.82) is 0 Å². The number of halogens is 3. The first-order valence-electron chi connectivity index (χ1n) is 10.9. The van der Waals surface area contributed by atoms with E-state index in [1.807, 2.05) is 18.2 Å². The molecule has 8 heteroatoms. The fraction of sp³-hybridized carbons (Fsp3) is 0.111. The zero-order chi connectivity index (χ0) is 24.5. The number of hydrogen-bond acceptors (Lipinski definition) is 5. The van der Waals surface area contributed by atoms with Crippen molar-refractivity contribution in [2.75, 3.05) is 5.32 Å². The highest BCUT2D eigenvalue weighted by atomic mass is 127. The van der Waals surface area contributed by atoms with E-state index in [2.05, 4.69) is 37.9 Å². The number of carbonyl (C=O) groups is 1. The van der Waals surface area contributed by atoms with E-state index in [9.17, 15) is 13.6 Å². The first-order chi connectivity index (χ1) is 16.9. The summed E-state index contributed by atoms with van der Waals surface area (Å²) in [6, 6.07) is 16.7. The Bertz CT molecular complexity index is 1470. The van der Waals surface area contributed by atoms with Crippen molar-refractivity contribution in [2.24, 2.45) is 4.99 Å². The van der Waals surface area contributed by atoms with Crippen LogP contribution in [-0.2, 0) is 11.0 Å². The van der Waals surface area contributed by atoms with Gasteiger partial charge < -0.3 is 5.32 Å². The lowest BCUT2D eigenvalue weighted by Crippen LogP contribution is -2.10. The molecule has 0 aliphatic carbocycles. The summed E-state index contributed by atoms with van der Waals surface area (Å²) in [5, 5.41) is 3.16. The molecule has 0 atom stereocenters. The van der Waals surface area contributed by atoms with Crippen LogP contribution in [0.25, 0.3) is 11.3 Å². The summed E-state index contributed by atoms with van der Waals surface area (Å²) in [5.41, 5.74) is 5.21. The third-order valence-corrected chi connectivity index (χ3v) is 6.65. The van der Waals surface area contributed by atoms with Crippen molar-refractivity contribution in [3.05, 3.63) is 106 Å². The maximum atomic E-state index is 14.8. The van der Waals surface area contributed by atoms with Crippen LogP contribution in [0.3, 0.4) is 0 Å². The predicted molar refractivity (Wildman–Crippen MR) is 141 cm³/mol. The largest absolute Gasteiger partial charge is 0.324 e. The van der Waals surface area contributed by atoms with Crippen LogP contribution < -0.4 is 5.32 Å². The van der Waals surface area contributed by atoms with Gasteiger partial charge in [0.1, 0.15) is 11.6 Å². The number of carbonyl (C=O) groups excluding carboxylic acids is 1. The SMILES string of the molecule is CC(=O)c1ccc(Nc2ncc3c(n2)-c2ccc(CI)cc2C(c2c(F)cccc2F)=NC3)cc1. The molecule has 1 aliphatic rings. The molecule has 35 heavy (non-hydrogen) atoms. The molecule has 0 spiro atoms. The van der Waals surface area contributed by atoms with E-state index in [4.69, 9.17) is 4.98 Å². The normalized spacial score (nSPS) is 12.3. The standard InChI is InChI=1S/C27H19F2IN4O/c1-15(35)17-6-8-19(9-7-17)33-27-32-14-18-13-31-26(24-22(28)3-2-4-23(24)29)21-11-16(12-30)5-10-20(21)25(18)34-27/h2-11,14H,12-13H2,1H3,(H,32,33,34). The van der Waals surface area contributed by atoms with E-state index in [0.29, 0.717) is 22.8 Å². The Hall–Kier alpha value is -3.53. The molecule has 3 aromatic carbocycles. The van der Waals surface area contributed by atoms with E-state index in [-0.39, 0.29) is 23.6 Å². The van der Waals surface area contributed by atoms with Gasteiger partial charge in [0.2, 0.25) is 5.95 Å². The average molecular weight is 580 g/mol. The second kappa shape index (κ2) is 9.61. The first-order valence-corrected chi connectivity index (χ1v) is 12.4. The number of aliphatic imine (C=N–C) groups is 1. The Balaban J connectivity index is 1.60. The fourth-order valence-corrected chi connectivity index (χ4v) is 4.47. The molecule has 1 aliphatic heterocycles. The molecule has 0 bridgehead atoms. The first kappa shape index (κ1) is 23.2. The number of anilines is 2. The second-order valence-electron chi connectivity index (χ2n) is 8.10. The summed E-state index contributed by atoms with van der Waals surface area (Å²) in [5.74, 6) is -0.975. The van der Waals surface area contributed by atoms with Crippen molar-refractivity contribution in [3.8, 4) is 11.3 Å². The number of nitrogens with one attached hydrogen (secondary N) is 1. The number of Topliss-reactive ketones (excluding diaryl/α,β-unsaturated/α-hetero) is 1. The molecule has 0 saturated carbocycles. The van der Waals surface area contributed by atoms with Gasteiger partial charge in [0.25, 0.3) is 0 Å². The molecule has 4 aromatic rings. The van der Waals surface area contributed by atoms with Gasteiger partial charge in [0.05, 0.1) is 23.5 Å². The number of nitrogens with zero attached hydrogens (tertiary/aromatic N) is 3. The molecule has 2 heterocycles. The van der Waals surface area contributed by atoms with E-state index in [1.54, 1.807) is 30.5 Å². The lowest BCUT2D eigenvalue weighted by Gasteiger charge is -2.14. The number of alkyl halides is 1. The van der Waals surface area contributed by atoms with Crippen molar-refractivity contribution in [3.63, 3.8) is 0 Å². The maximum absolute atomic E-state index is 14.8. The molecule has 0 fully saturated rings. The average Bonchev–Trinajstić information content (AvgIpc) is 3.01. The summed E-state index contributed by atoms with van der Waals surface area (Å²) in [4.78, 5) is 25.3. The van der Waals surface area contributed by atoms with Crippen LogP contribution in [0.2, 0.25) is 0 Å². The Morgan fingerprint density at radius 3 is 2.46 bits per heavy atom. The van der Waals surface area contributed by atoms with Crippen molar-refractivity contribution in [1.82, 2.24) is 9.97 Å². The van der Waals surface area contributed by atoms with Gasteiger partial charge in [-0.15, -0.1) is 0 Å². The number of aromatic nitrogens is 2. The topological polar surface area (TPSA) is 67.2 Å². The van der Waals surface area contributed by atoms with E-state index in [0.717, 1.165) is 26.8 Å². The van der Waals surface area contributed by atoms with Crippen LogP contribution in [0.4, 0.5) is 20.4 Å². The van der Waals surface area contributed by atoms with E-state index >= 15 is 0 Å². The van der Waals surface area contributed by atoms with Gasteiger partial charge in [0.15, 0.2) is 5.78 Å². The summed E-state index contributed by atoms with van der Waals surface area (Å²) in [6.45, 7) is 1.70. The molecule has 0 radical (unpaired) electrons. The molecular formula is C27H19F2IN4O. The van der Waals surface area contributed by atoms with Gasteiger partial charge in [-0.05, 0) is 55.0 Å². The van der Waals surface area contributed by atoms with Gasteiger partial charge in [-0.1, -0.05) is 40.8 Å². The van der Waals surface area contributed by atoms with Crippen LogP contribution in [0.1, 0.15) is 39.5 Å². The third kappa shape index (κ3) is 4.58. The molecule has 1 aromatic heterocycles. The maximum Gasteiger partial charge on any atom is 0.227 e. The Labute approximate surface area is 214 Å². The monoisotopic (exact) mass is 580 g/mol. The van der Waals surface area contributed by atoms with Crippen molar-refractivity contribution < 1.29 is 13.6 Å². The number of hydrogen-bond donors (Lipinski definition) is 1. The highest BCUT2D eigenvalue weighted by Gasteiger charge is 2.25. The van der Waals surface area contributed by atoms with Crippen LogP contribution in [-0.4, -0.2) is 21.5 Å². The highest BCUT2D eigenvalue weighted by molar-refractivity contribution is 14.1. The number of benzene rings is 3. The quantitative estimate of drug-likeness (QED) is 0.163. The van der Waals surface area contributed by atoms with Crippen LogP contribution >= 0.6 is 22.6 Å². The zero-order valence-electron chi connectivity index (χ0n) is 18.6. The van der Waals surface area contributed by atoms with Gasteiger partial charge in [-0.2, -0.15) is 0 Å². The van der Waals surface area contributed by atoms with Gasteiger partial charge in [0, 0.05) is 38.6 Å². The van der Waals surface area contributed by atoms with Gasteiger partial charge in [-0.3, -0.25) is 9.79 Å². The molecule has 5 nitrogen and oxygen atoms in total. The number of rotatable bonds is 5. The molecule has 174 valence electrons. The molecule has 0 saturated heterocycles. The fourth-order valence-electron chi connectivity index (χ4n) is 4.00. The molecule has 1 N–H and O–H groups in total. The molecular weight excluding hydrogens is 561 g/mol. The zero-order valence-corrected chi connectivity index (χ0v) is 20.8. The minimum absolute atomic E-state index is 0.0117. The molecule has 5 rings (SSSR count). The number of ketones is 1. The minimum Gasteiger partial charge on any atom is -0.324 e. The van der Waals surface area contributed by atoms with E-state index < -0.39 is 11.6 Å². The summed E-state index contributed by atoms with van der Waals surface area (Å²) in [7, 11) is 0. The lowest BCUT2D eigenvalue weighted by atomic mass is 9.93. The number of fused-ring (bicyclic) bond motifs is 3. The minimum atomic E-state index is -0.664. The van der Waals surface area contributed by atoms with Crippen molar-refractivity contribution >= 4 is 45.7 Å². The summed E-state index contributed by atoms with van der Waals surface area (Å²) >= 11 is 2.25. The summed E-state index contributed by atoms with van der Waals surface area (Å²) in [6.07, 6.45) is 1.68. The van der Waals surface area contributed by atoms with Crippen LogP contribution in [0, 0.1) is 11.6 Å². The Kier molecular flexibility index (Phi) is 6.38. The molecule has 0 amide bonds. The van der Waals surface area contributed by atoms with E-state index in [1.165, 1.54) is 25.1 Å². The van der Waals surface area contributed by atoms with Crippen LogP contribution in [0.5, 0.6) is 0 Å².